The van der Waals surface area contributed by atoms with Crippen molar-refractivity contribution in [3.05, 3.63) is 94.1 Å². The van der Waals surface area contributed by atoms with Crippen molar-refractivity contribution >= 4 is 11.9 Å². The lowest BCUT2D eigenvalue weighted by atomic mass is 9.93. The summed E-state index contributed by atoms with van der Waals surface area (Å²) in [5.74, 6) is 2.25. The molecule has 0 radical (unpaired) electrons. The van der Waals surface area contributed by atoms with E-state index in [1.165, 1.54) is 0 Å². The summed E-state index contributed by atoms with van der Waals surface area (Å²) in [7, 11) is 4.91. The Balaban J connectivity index is 1.99. The zero-order valence-electron chi connectivity index (χ0n) is 19.4. The van der Waals surface area contributed by atoms with Gasteiger partial charge in [0.05, 0.1) is 21.3 Å². The molecule has 3 aromatic rings. The largest absolute Gasteiger partial charge is 0.497 e. The molecule has 0 heterocycles. The highest BCUT2D eigenvalue weighted by molar-refractivity contribution is 6.11. The monoisotopic (exact) mass is 430 g/mol. The van der Waals surface area contributed by atoms with Gasteiger partial charge < -0.3 is 14.2 Å². The van der Waals surface area contributed by atoms with E-state index in [9.17, 15) is 4.79 Å². The number of ether oxygens (including phenoxy) is 3. The van der Waals surface area contributed by atoms with Gasteiger partial charge in [-0.15, -0.1) is 0 Å². The number of methoxy groups -OCH3 is 3. The van der Waals surface area contributed by atoms with Gasteiger partial charge in [-0.3, -0.25) is 4.79 Å². The minimum atomic E-state index is 0.0239. The van der Waals surface area contributed by atoms with E-state index in [0.29, 0.717) is 17.7 Å². The number of allylic oxidation sites excluding steroid dienone is 1. The molecule has 0 amide bonds. The van der Waals surface area contributed by atoms with E-state index < -0.39 is 0 Å². The first-order chi connectivity index (χ1) is 15.4. The van der Waals surface area contributed by atoms with Crippen LogP contribution in [-0.4, -0.2) is 27.1 Å². The molecule has 3 aromatic carbocycles. The number of hydrogen-bond acceptors (Lipinski definition) is 4. The number of benzene rings is 3. The molecule has 0 saturated heterocycles. The van der Waals surface area contributed by atoms with Crippen molar-refractivity contribution < 1.29 is 19.0 Å². The first-order valence-corrected chi connectivity index (χ1v) is 10.6. The van der Waals surface area contributed by atoms with Crippen LogP contribution in [-0.2, 0) is 6.42 Å². The summed E-state index contributed by atoms with van der Waals surface area (Å²) in [6, 6.07) is 19.4. The van der Waals surface area contributed by atoms with Crippen molar-refractivity contribution in [1.29, 1.82) is 0 Å². The smallest absolute Gasteiger partial charge is 0.189 e. The fourth-order valence-corrected chi connectivity index (χ4v) is 3.59. The lowest BCUT2D eigenvalue weighted by Crippen LogP contribution is -2.06. The summed E-state index contributed by atoms with van der Waals surface area (Å²) >= 11 is 0. The zero-order chi connectivity index (χ0) is 23.1. The lowest BCUT2D eigenvalue weighted by Gasteiger charge is -2.14. The molecule has 3 rings (SSSR count). The van der Waals surface area contributed by atoms with Gasteiger partial charge in [0.2, 0.25) is 0 Å². The molecule has 0 aliphatic carbocycles. The van der Waals surface area contributed by atoms with E-state index in [0.717, 1.165) is 45.7 Å². The fraction of sp³-hybridized carbons (Fsp3) is 0.250. The van der Waals surface area contributed by atoms with Crippen LogP contribution in [0, 0.1) is 13.8 Å². The number of aryl methyl sites for hydroxylation is 3. The summed E-state index contributed by atoms with van der Waals surface area (Å²) < 4.78 is 16.2. The molecular weight excluding hydrogens is 400 g/mol. The molecule has 166 valence electrons. The van der Waals surface area contributed by atoms with Gasteiger partial charge in [-0.1, -0.05) is 42.0 Å². The number of carbonyl (C=O) groups excluding carboxylic acids is 1. The second kappa shape index (κ2) is 10.7. The minimum absolute atomic E-state index is 0.0239. The fourth-order valence-electron chi connectivity index (χ4n) is 3.59. The van der Waals surface area contributed by atoms with Gasteiger partial charge in [0.15, 0.2) is 5.78 Å². The number of ketones is 1. The first kappa shape index (κ1) is 23.1. The lowest BCUT2D eigenvalue weighted by molar-refractivity contribution is 0.103. The molecule has 0 bridgehead atoms. The van der Waals surface area contributed by atoms with E-state index in [1.807, 2.05) is 80.6 Å². The molecule has 0 spiro atoms. The molecular formula is C28H30O4. The third-order valence-electron chi connectivity index (χ3n) is 5.54. The normalized spacial score (nSPS) is 11.2. The SMILES string of the molecule is COc1ccc(CC/C(=C/c2c(C)cc(OC)cc2OC)C(=O)c2ccc(C)cc2)cc1. The van der Waals surface area contributed by atoms with Crippen LogP contribution in [0.15, 0.2) is 66.2 Å². The maximum atomic E-state index is 13.5. The van der Waals surface area contributed by atoms with Crippen LogP contribution in [0.25, 0.3) is 6.08 Å². The second-order valence-corrected chi connectivity index (χ2v) is 7.77. The molecule has 32 heavy (non-hydrogen) atoms. The maximum Gasteiger partial charge on any atom is 0.189 e. The Morgan fingerprint density at radius 1 is 0.812 bits per heavy atom. The summed E-state index contributed by atoms with van der Waals surface area (Å²) in [5, 5.41) is 0. The second-order valence-electron chi connectivity index (χ2n) is 7.77. The van der Waals surface area contributed by atoms with E-state index in [-0.39, 0.29) is 5.78 Å². The highest BCUT2D eigenvalue weighted by Gasteiger charge is 2.16. The van der Waals surface area contributed by atoms with E-state index in [4.69, 9.17) is 14.2 Å². The average molecular weight is 431 g/mol. The first-order valence-electron chi connectivity index (χ1n) is 10.6. The van der Waals surface area contributed by atoms with Gasteiger partial charge in [-0.25, -0.2) is 0 Å². The van der Waals surface area contributed by atoms with Gasteiger partial charge in [-0.2, -0.15) is 0 Å². The molecule has 4 nitrogen and oxygen atoms in total. The predicted molar refractivity (Wildman–Crippen MR) is 129 cm³/mol. The summed E-state index contributed by atoms with van der Waals surface area (Å²) in [6.45, 7) is 4.01. The van der Waals surface area contributed by atoms with Gasteiger partial charge in [0.1, 0.15) is 17.2 Å². The number of hydrogen-bond donors (Lipinski definition) is 0. The van der Waals surface area contributed by atoms with Crippen molar-refractivity contribution in [2.24, 2.45) is 0 Å². The molecule has 0 N–H and O–H groups in total. The Kier molecular flexibility index (Phi) is 7.72. The van der Waals surface area contributed by atoms with Crippen molar-refractivity contribution in [3.8, 4) is 17.2 Å². The number of rotatable bonds is 9. The summed E-state index contributed by atoms with van der Waals surface area (Å²) in [4.78, 5) is 13.5. The summed E-state index contributed by atoms with van der Waals surface area (Å²) in [5.41, 5.74) is 5.56. The third kappa shape index (κ3) is 5.58. The Morgan fingerprint density at radius 2 is 1.47 bits per heavy atom. The quantitative estimate of drug-likeness (QED) is 0.298. The highest BCUT2D eigenvalue weighted by Crippen LogP contribution is 2.31. The minimum Gasteiger partial charge on any atom is -0.497 e. The summed E-state index contributed by atoms with van der Waals surface area (Å²) in [6.07, 6.45) is 3.30. The topological polar surface area (TPSA) is 44.8 Å². The van der Waals surface area contributed by atoms with Crippen LogP contribution >= 0.6 is 0 Å². The van der Waals surface area contributed by atoms with Crippen LogP contribution in [0.5, 0.6) is 17.2 Å². The molecule has 0 fully saturated rings. The zero-order valence-corrected chi connectivity index (χ0v) is 19.4. The van der Waals surface area contributed by atoms with Crippen molar-refractivity contribution in [1.82, 2.24) is 0 Å². The van der Waals surface area contributed by atoms with E-state index >= 15 is 0 Å². The molecule has 0 saturated carbocycles. The van der Waals surface area contributed by atoms with E-state index in [1.54, 1.807) is 21.3 Å². The van der Waals surface area contributed by atoms with Crippen LogP contribution in [0.3, 0.4) is 0 Å². The standard InChI is InChI=1S/C28H30O4/c1-19-6-11-22(12-7-19)28(29)23(13-8-21-9-14-24(30-3)15-10-21)17-26-20(2)16-25(31-4)18-27(26)32-5/h6-7,9-12,14-18H,8,13H2,1-5H3/b23-17-. The molecule has 0 unspecified atom stereocenters. The Labute approximate surface area is 190 Å². The van der Waals surface area contributed by atoms with Crippen LogP contribution in [0.2, 0.25) is 0 Å². The molecule has 0 aliphatic rings. The van der Waals surface area contributed by atoms with Gasteiger partial charge in [0.25, 0.3) is 0 Å². The maximum absolute atomic E-state index is 13.5. The van der Waals surface area contributed by atoms with Crippen molar-refractivity contribution in [3.63, 3.8) is 0 Å². The Morgan fingerprint density at radius 3 is 2.06 bits per heavy atom. The van der Waals surface area contributed by atoms with Gasteiger partial charge in [-0.05, 0) is 62.1 Å². The van der Waals surface area contributed by atoms with Crippen LogP contribution in [0.4, 0.5) is 0 Å². The van der Waals surface area contributed by atoms with Crippen LogP contribution < -0.4 is 14.2 Å². The van der Waals surface area contributed by atoms with Gasteiger partial charge in [0, 0.05) is 22.8 Å². The van der Waals surface area contributed by atoms with Crippen LogP contribution in [0.1, 0.15) is 39.0 Å². The van der Waals surface area contributed by atoms with Crippen molar-refractivity contribution in [2.45, 2.75) is 26.7 Å². The third-order valence-corrected chi connectivity index (χ3v) is 5.54. The van der Waals surface area contributed by atoms with Crippen molar-refractivity contribution in [2.75, 3.05) is 21.3 Å². The van der Waals surface area contributed by atoms with E-state index in [2.05, 4.69) is 0 Å². The average Bonchev–Trinajstić information content (AvgIpc) is 2.82. The molecule has 0 aliphatic heterocycles. The molecule has 4 heteroatoms. The molecule has 0 atom stereocenters. The predicted octanol–water partition coefficient (Wildman–Crippen LogP) is 6.23. The highest BCUT2D eigenvalue weighted by atomic mass is 16.5. The van der Waals surface area contributed by atoms with Gasteiger partial charge >= 0.3 is 0 Å². The Bertz CT molecular complexity index is 1090. The number of Topliss-reactive ketones (excluding diaryl/α,β-unsaturated/α-hetero) is 1. The molecule has 0 aromatic heterocycles. The number of carbonyl (C=O) groups is 1. The Hall–Kier alpha value is -3.53.